The summed E-state index contributed by atoms with van der Waals surface area (Å²) >= 11 is 0. The molecule has 0 saturated carbocycles. The zero-order valence-corrected chi connectivity index (χ0v) is 16.5. The van der Waals surface area contributed by atoms with Gasteiger partial charge in [0.1, 0.15) is 17.6 Å². The van der Waals surface area contributed by atoms with Gasteiger partial charge in [-0.2, -0.15) is 5.26 Å². The number of pyridine rings is 2. The molecule has 0 unspecified atom stereocenters. The van der Waals surface area contributed by atoms with Crippen LogP contribution in [0.4, 0.5) is 11.5 Å². The Balaban J connectivity index is 1.31. The molecule has 1 N–H and O–H groups in total. The third kappa shape index (κ3) is 3.56. The van der Waals surface area contributed by atoms with E-state index in [0.717, 1.165) is 47.5 Å². The van der Waals surface area contributed by atoms with Crippen LogP contribution in [0.5, 0.6) is 0 Å². The van der Waals surface area contributed by atoms with E-state index in [1.807, 2.05) is 30.5 Å². The van der Waals surface area contributed by atoms with Crippen LogP contribution in [0.3, 0.4) is 0 Å². The Labute approximate surface area is 175 Å². The summed E-state index contributed by atoms with van der Waals surface area (Å²) in [6, 6.07) is 24.6. The number of aromatic nitrogens is 2. The largest absolute Gasteiger partial charge is 0.380 e. The second-order valence-electron chi connectivity index (χ2n) is 7.50. The maximum atomic E-state index is 9.27. The Morgan fingerprint density at radius 1 is 1.00 bits per heavy atom. The van der Waals surface area contributed by atoms with Gasteiger partial charge in [0, 0.05) is 36.9 Å². The first-order chi connectivity index (χ1) is 14.8. The molecule has 0 spiro atoms. The Morgan fingerprint density at radius 2 is 1.83 bits per heavy atom. The fraction of sp³-hybridized carbons (Fsp3) is 0.160. The second kappa shape index (κ2) is 7.84. The standard InChI is InChI=1S/C25H21N5/c26-14-21-13-24(22-7-3-4-8-23(22)29-21)27-15-18-9-10-25(28-16-18)30-12-11-19-5-1-2-6-20(19)17-30/h1-10,13,16H,11-12,15,17H2,(H,27,29). The van der Waals surface area contributed by atoms with Crippen LogP contribution in [0, 0.1) is 11.3 Å². The molecule has 5 nitrogen and oxygen atoms in total. The highest BCUT2D eigenvalue weighted by molar-refractivity contribution is 5.91. The summed E-state index contributed by atoms with van der Waals surface area (Å²) in [7, 11) is 0. The van der Waals surface area contributed by atoms with Crippen molar-refractivity contribution in [2.75, 3.05) is 16.8 Å². The summed E-state index contributed by atoms with van der Waals surface area (Å²) in [6.07, 6.45) is 2.98. The van der Waals surface area contributed by atoms with Gasteiger partial charge in [0.15, 0.2) is 0 Å². The maximum absolute atomic E-state index is 9.27. The molecule has 0 bridgehead atoms. The van der Waals surface area contributed by atoms with Gasteiger partial charge in [0.25, 0.3) is 0 Å². The maximum Gasteiger partial charge on any atom is 0.143 e. The number of nitrogens with zero attached hydrogens (tertiary/aromatic N) is 4. The van der Waals surface area contributed by atoms with E-state index in [1.54, 1.807) is 6.07 Å². The van der Waals surface area contributed by atoms with E-state index < -0.39 is 0 Å². The zero-order valence-electron chi connectivity index (χ0n) is 16.5. The lowest BCUT2D eigenvalue weighted by Crippen LogP contribution is -2.30. The topological polar surface area (TPSA) is 64.8 Å². The lowest BCUT2D eigenvalue weighted by molar-refractivity contribution is 0.720. The van der Waals surface area contributed by atoms with E-state index in [4.69, 9.17) is 4.98 Å². The molecule has 146 valence electrons. The van der Waals surface area contributed by atoms with Crippen LogP contribution in [0.1, 0.15) is 22.4 Å². The average Bonchev–Trinajstić information content (AvgIpc) is 2.82. The number of rotatable bonds is 4. The molecule has 4 aromatic rings. The van der Waals surface area contributed by atoms with Crippen molar-refractivity contribution in [1.29, 1.82) is 5.26 Å². The second-order valence-corrected chi connectivity index (χ2v) is 7.50. The smallest absolute Gasteiger partial charge is 0.143 e. The first-order valence-corrected chi connectivity index (χ1v) is 10.1. The lowest BCUT2D eigenvalue weighted by Gasteiger charge is -2.29. The fourth-order valence-corrected chi connectivity index (χ4v) is 3.98. The number of nitrogens with one attached hydrogen (secondary N) is 1. The molecule has 30 heavy (non-hydrogen) atoms. The van der Waals surface area contributed by atoms with Gasteiger partial charge < -0.3 is 10.2 Å². The average molecular weight is 391 g/mol. The van der Waals surface area contributed by atoms with Crippen molar-refractivity contribution in [1.82, 2.24) is 9.97 Å². The quantitative estimate of drug-likeness (QED) is 0.547. The summed E-state index contributed by atoms with van der Waals surface area (Å²) in [5.74, 6) is 1.01. The molecule has 0 radical (unpaired) electrons. The highest BCUT2D eigenvalue weighted by atomic mass is 15.2. The van der Waals surface area contributed by atoms with Crippen LogP contribution >= 0.6 is 0 Å². The number of nitriles is 1. The molecule has 0 fully saturated rings. The summed E-state index contributed by atoms with van der Waals surface area (Å²) in [4.78, 5) is 11.4. The van der Waals surface area contributed by atoms with Gasteiger partial charge >= 0.3 is 0 Å². The van der Waals surface area contributed by atoms with E-state index in [-0.39, 0.29) is 0 Å². The van der Waals surface area contributed by atoms with Gasteiger partial charge in [-0.3, -0.25) is 0 Å². The SMILES string of the molecule is N#Cc1cc(NCc2ccc(N3CCc4ccccc4C3)nc2)c2ccccc2n1. The van der Waals surface area contributed by atoms with E-state index in [0.29, 0.717) is 12.2 Å². The van der Waals surface area contributed by atoms with Gasteiger partial charge in [-0.15, -0.1) is 0 Å². The lowest BCUT2D eigenvalue weighted by atomic mass is 10.00. The number of hydrogen-bond acceptors (Lipinski definition) is 5. The fourth-order valence-electron chi connectivity index (χ4n) is 3.98. The highest BCUT2D eigenvalue weighted by Gasteiger charge is 2.16. The predicted molar refractivity (Wildman–Crippen MR) is 119 cm³/mol. The summed E-state index contributed by atoms with van der Waals surface area (Å²) < 4.78 is 0. The minimum Gasteiger partial charge on any atom is -0.380 e. The van der Waals surface area contributed by atoms with Crippen molar-refractivity contribution >= 4 is 22.4 Å². The van der Waals surface area contributed by atoms with E-state index in [2.05, 4.69) is 57.7 Å². The number of anilines is 2. The van der Waals surface area contributed by atoms with Crippen LogP contribution in [0.2, 0.25) is 0 Å². The third-order valence-electron chi connectivity index (χ3n) is 5.58. The van der Waals surface area contributed by atoms with E-state index in [1.165, 1.54) is 11.1 Å². The normalized spacial score (nSPS) is 13.0. The Morgan fingerprint density at radius 3 is 2.67 bits per heavy atom. The molecule has 3 heterocycles. The molecule has 0 aliphatic carbocycles. The minimum atomic E-state index is 0.412. The molecule has 5 heteroatoms. The van der Waals surface area contributed by atoms with Crippen LogP contribution in [0.25, 0.3) is 10.9 Å². The molecule has 5 rings (SSSR count). The van der Waals surface area contributed by atoms with Crippen LogP contribution in [-0.4, -0.2) is 16.5 Å². The highest BCUT2D eigenvalue weighted by Crippen LogP contribution is 2.25. The van der Waals surface area contributed by atoms with Crippen molar-refractivity contribution in [3.8, 4) is 6.07 Å². The van der Waals surface area contributed by atoms with Crippen LogP contribution in [-0.2, 0) is 19.5 Å². The van der Waals surface area contributed by atoms with Gasteiger partial charge in [0.05, 0.1) is 5.52 Å². The monoisotopic (exact) mass is 391 g/mol. The minimum absolute atomic E-state index is 0.412. The van der Waals surface area contributed by atoms with Gasteiger partial charge in [-0.25, -0.2) is 9.97 Å². The van der Waals surface area contributed by atoms with Crippen molar-refractivity contribution < 1.29 is 0 Å². The van der Waals surface area contributed by atoms with Gasteiger partial charge in [-0.1, -0.05) is 48.5 Å². The van der Waals surface area contributed by atoms with Crippen molar-refractivity contribution in [2.45, 2.75) is 19.5 Å². The Hall–Kier alpha value is -3.91. The van der Waals surface area contributed by atoms with E-state index in [9.17, 15) is 5.26 Å². The molecule has 0 amide bonds. The molecule has 2 aromatic carbocycles. The molecular weight excluding hydrogens is 370 g/mol. The number of para-hydroxylation sites is 1. The molecule has 0 saturated heterocycles. The van der Waals surface area contributed by atoms with Crippen molar-refractivity contribution in [2.24, 2.45) is 0 Å². The summed E-state index contributed by atoms with van der Waals surface area (Å²) in [6.45, 7) is 2.53. The summed E-state index contributed by atoms with van der Waals surface area (Å²) in [5.41, 5.74) is 6.06. The van der Waals surface area contributed by atoms with E-state index >= 15 is 0 Å². The molecule has 2 aromatic heterocycles. The van der Waals surface area contributed by atoms with Crippen molar-refractivity contribution in [3.63, 3.8) is 0 Å². The Kier molecular flexibility index (Phi) is 4.74. The molecule has 1 aliphatic rings. The van der Waals surface area contributed by atoms with Crippen molar-refractivity contribution in [3.05, 3.63) is 95.3 Å². The van der Waals surface area contributed by atoms with Crippen LogP contribution < -0.4 is 10.2 Å². The predicted octanol–water partition coefficient (Wildman–Crippen LogP) is 4.68. The number of fused-ring (bicyclic) bond motifs is 2. The molecule has 0 atom stereocenters. The first kappa shape index (κ1) is 18.1. The zero-order chi connectivity index (χ0) is 20.3. The number of hydrogen-bond donors (Lipinski definition) is 1. The Bertz CT molecular complexity index is 1240. The molecular formula is C25H21N5. The van der Waals surface area contributed by atoms with Gasteiger partial charge in [-0.05, 0) is 41.3 Å². The third-order valence-corrected chi connectivity index (χ3v) is 5.58. The number of benzene rings is 2. The summed E-state index contributed by atoms with van der Waals surface area (Å²) in [5, 5.41) is 13.7. The van der Waals surface area contributed by atoms with Crippen LogP contribution in [0.15, 0.2) is 72.9 Å². The van der Waals surface area contributed by atoms with Gasteiger partial charge in [0.2, 0.25) is 0 Å². The molecule has 1 aliphatic heterocycles. The first-order valence-electron chi connectivity index (χ1n) is 10.1.